The summed E-state index contributed by atoms with van der Waals surface area (Å²) in [6, 6.07) is 0. The molecule has 0 bridgehead atoms. The molecule has 0 radical (unpaired) electrons. The summed E-state index contributed by atoms with van der Waals surface area (Å²) in [5.41, 5.74) is 0. The van der Waals surface area contributed by atoms with Gasteiger partial charge in [-0.05, 0) is 31.1 Å². The molecule has 0 heterocycles. The lowest BCUT2D eigenvalue weighted by Gasteiger charge is -2.33. The van der Waals surface area contributed by atoms with Crippen molar-refractivity contribution in [2.45, 2.75) is 33.1 Å². The first-order chi connectivity index (χ1) is 5.09. The second-order valence-corrected chi connectivity index (χ2v) is 4.00. The summed E-state index contributed by atoms with van der Waals surface area (Å²) in [5, 5.41) is 8.59. The summed E-state index contributed by atoms with van der Waals surface area (Å²) in [5.74, 6) is 0.773. The molecule has 1 fully saturated rings. The molecule has 1 saturated carbocycles. The number of carboxylic acids is 1. The van der Waals surface area contributed by atoms with Crippen molar-refractivity contribution < 1.29 is 9.90 Å². The normalized spacial score (nSPS) is 30.1. The van der Waals surface area contributed by atoms with Crippen LogP contribution in [0.3, 0.4) is 0 Å². The van der Waals surface area contributed by atoms with Crippen molar-refractivity contribution in [2.75, 3.05) is 0 Å². The number of hydrogen-bond acceptors (Lipinski definition) is 1. The van der Waals surface area contributed by atoms with E-state index in [1.54, 1.807) is 0 Å². The monoisotopic (exact) mass is 156 g/mol. The molecule has 0 aromatic rings. The van der Waals surface area contributed by atoms with Gasteiger partial charge in [-0.1, -0.05) is 13.8 Å². The molecular weight excluding hydrogens is 140 g/mol. The highest BCUT2D eigenvalue weighted by molar-refractivity contribution is 5.71. The van der Waals surface area contributed by atoms with Gasteiger partial charge in [-0.15, -0.1) is 0 Å². The molecule has 0 spiro atoms. The van der Waals surface area contributed by atoms with E-state index in [1.807, 2.05) is 0 Å². The third kappa shape index (κ3) is 2.21. The van der Waals surface area contributed by atoms with E-state index in [0.29, 0.717) is 5.92 Å². The van der Waals surface area contributed by atoms with E-state index in [1.165, 1.54) is 6.42 Å². The Kier molecular flexibility index (Phi) is 2.53. The Hall–Kier alpha value is -0.530. The number of carboxylic acid groups (broad SMARTS) is 1. The van der Waals surface area contributed by atoms with Crippen LogP contribution in [0.15, 0.2) is 0 Å². The van der Waals surface area contributed by atoms with E-state index in [9.17, 15) is 4.79 Å². The molecule has 0 aromatic carbocycles. The molecule has 0 aliphatic heterocycles. The van der Waals surface area contributed by atoms with Crippen LogP contribution in [0.2, 0.25) is 0 Å². The molecule has 11 heavy (non-hydrogen) atoms. The molecule has 2 heteroatoms. The lowest BCUT2D eigenvalue weighted by Crippen LogP contribution is -2.30. The quantitative estimate of drug-likeness (QED) is 0.679. The van der Waals surface area contributed by atoms with E-state index in [0.717, 1.165) is 18.8 Å². The van der Waals surface area contributed by atoms with Crippen LogP contribution in [0.25, 0.3) is 0 Å². The van der Waals surface area contributed by atoms with Crippen LogP contribution in [-0.2, 0) is 4.79 Å². The fourth-order valence-corrected chi connectivity index (χ4v) is 1.80. The minimum Gasteiger partial charge on any atom is -0.481 e. The maximum absolute atomic E-state index is 10.4. The minimum atomic E-state index is -0.606. The molecule has 0 atom stereocenters. The Morgan fingerprint density at radius 2 is 2.09 bits per heavy atom. The average molecular weight is 156 g/mol. The van der Waals surface area contributed by atoms with Crippen LogP contribution in [-0.4, -0.2) is 11.1 Å². The SMILES string of the molecule is CC(C)C[C@H]1C[C@@H](C(=O)O)C1. The highest BCUT2D eigenvalue weighted by Gasteiger charge is 2.34. The molecule has 1 rings (SSSR count). The lowest BCUT2D eigenvalue weighted by atomic mass is 9.71. The average Bonchev–Trinajstić information content (AvgIpc) is 1.75. The summed E-state index contributed by atoms with van der Waals surface area (Å²) < 4.78 is 0. The van der Waals surface area contributed by atoms with Gasteiger partial charge in [0, 0.05) is 0 Å². The van der Waals surface area contributed by atoms with E-state index < -0.39 is 5.97 Å². The predicted molar refractivity (Wildman–Crippen MR) is 43.3 cm³/mol. The van der Waals surface area contributed by atoms with Gasteiger partial charge in [-0.25, -0.2) is 0 Å². The van der Waals surface area contributed by atoms with E-state index in [4.69, 9.17) is 5.11 Å². The van der Waals surface area contributed by atoms with Crippen molar-refractivity contribution in [3.05, 3.63) is 0 Å². The Morgan fingerprint density at radius 3 is 2.45 bits per heavy atom. The Bertz CT molecular complexity index is 146. The van der Waals surface area contributed by atoms with Gasteiger partial charge < -0.3 is 5.11 Å². The Labute approximate surface area is 67.6 Å². The smallest absolute Gasteiger partial charge is 0.306 e. The zero-order valence-corrected chi connectivity index (χ0v) is 7.21. The minimum absolute atomic E-state index is 0.0289. The highest BCUT2D eigenvalue weighted by atomic mass is 16.4. The van der Waals surface area contributed by atoms with Crippen LogP contribution in [0.4, 0.5) is 0 Å². The van der Waals surface area contributed by atoms with Gasteiger partial charge in [0.05, 0.1) is 5.92 Å². The largest absolute Gasteiger partial charge is 0.481 e. The molecule has 0 aromatic heterocycles. The topological polar surface area (TPSA) is 37.3 Å². The third-order valence-corrected chi connectivity index (χ3v) is 2.39. The van der Waals surface area contributed by atoms with Crippen molar-refractivity contribution in [2.24, 2.45) is 17.8 Å². The zero-order valence-electron chi connectivity index (χ0n) is 7.21. The van der Waals surface area contributed by atoms with Crippen LogP contribution in [0.1, 0.15) is 33.1 Å². The van der Waals surface area contributed by atoms with Gasteiger partial charge in [-0.3, -0.25) is 4.79 Å². The molecule has 1 aliphatic carbocycles. The highest BCUT2D eigenvalue weighted by Crippen LogP contribution is 2.37. The summed E-state index contributed by atoms with van der Waals surface area (Å²) >= 11 is 0. The molecule has 0 unspecified atom stereocenters. The maximum atomic E-state index is 10.4. The molecule has 2 nitrogen and oxygen atoms in total. The molecule has 1 aliphatic rings. The standard InChI is InChI=1S/C9H16O2/c1-6(2)3-7-4-8(5-7)9(10)11/h6-8H,3-5H2,1-2H3,(H,10,11)/t7-,8+. The first-order valence-electron chi connectivity index (χ1n) is 4.32. The van der Waals surface area contributed by atoms with Gasteiger partial charge in [0.2, 0.25) is 0 Å². The van der Waals surface area contributed by atoms with E-state index in [-0.39, 0.29) is 5.92 Å². The lowest BCUT2D eigenvalue weighted by molar-refractivity contribution is -0.146. The molecule has 64 valence electrons. The van der Waals surface area contributed by atoms with Crippen molar-refractivity contribution in [1.29, 1.82) is 0 Å². The summed E-state index contributed by atoms with van der Waals surface area (Å²) in [6.45, 7) is 4.38. The number of hydrogen-bond donors (Lipinski definition) is 1. The Balaban J connectivity index is 2.14. The Morgan fingerprint density at radius 1 is 1.55 bits per heavy atom. The van der Waals surface area contributed by atoms with E-state index in [2.05, 4.69) is 13.8 Å². The number of carbonyl (C=O) groups is 1. The summed E-state index contributed by atoms with van der Waals surface area (Å²) in [6.07, 6.45) is 3.02. The number of aliphatic carboxylic acids is 1. The van der Waals surface area contributed by atoms with Crippen LogP contribution >= 0.6 is 0 Å². The third-order valence-electron chi connectivity index (χ3n) is 2.39. The van der Waals surface area contributed by atoms with Gasteiger partial charge in [0.25, 0.3) is 0 Å². The maximum Gasteiger partial charge on any atom is 0.306 e. The fourth-order valence-electron chi connectivity index (χ4n) is 1.80. The first-order valence-corrected chi connectivity index (χ1v) is 4.32. The van der Waals surface area contributed by atoms with Crippen molar-refractivity contribution in [3.63, 3.8) is 0 Å². The fraction of sp³-hybridized carbons (Fsp3) is 0.889. The molecule has 1 N–H and O–H groups in total. The van der Waals surface area contributed by atoms with Gasteiger partial charge in [-0.2, -0.15) is 0 Å². The molecular formula is C9H16O2. The van der Waals surface area contributed by atoms with Gasteiger partial charge >= 0.3 is 5.97 Å². The second kappa shape index (κ2) is 3.24. The van der Waals surface area contributed by atoms with Crippen LogP contribution < -0.4 is 0 Å². The van der Waals surface area contributed by atoms with Crippen LogP contribution in [0, 0.1) is 17.8 Å². The van der Waals surface area contributed by atoms with E-state index >= 15 is 0 Å². The second-order valence-electron chi connectivity index (χ2n) is 4.00. The molecule has 0 saturated heterocycles. The summed E-state index contributed by atoms with van der Waals surface area (Å²) in [7, 11) is 0. The van der Waals surface area contributed by atoms with Crippen LogP contribution in [0.5, 0.6) is 0 Å². The van der Waals surface area contributed by atoms with Gasteiger partial charge in [0.1, 0.15) is 0 Å². The van der Waals surface area contributed by atoms with Crippen molar-refractivity contribution in [3.8, 4) is 0 Å². The van der Waals surface area contributed by atoms with Gasteiger partial charge in [0.15, 0.2) is 0 Å². The number of rotatable bonds is 3. The predicted octanol–water partition coefficient (Wildman–Crippen LogP) is 2.14. The summed E-state index contributed by atoms with van der Waals surface area (Å²) in [4.78, 5) is 10.4. The van der Waals surface area contributed by atoms with Crippen molar-refractivity contribution >= 4 is 5.97 Å². The van der Waals surface area contributed by atoms with Crippen molar-refractivity contribution in [1.82, 2.24) is 0 Å². The molecule has 0 amide bonds. The first kappa shape index (κ1) is 8.57. The zero-order chi connectivity index (χ0) is 8.43.